The van der Waals surface area contributed by atoms with Crippen molar-refractivity contribution in [1.82, 2.24) is 4.98 Å². The van der Waals surface area contributed by atoms with Crippen LogP contribution in [-0.4, -0.2) is 11.8 Å². The number of hydrogen-bond acceptors (Lipinski definition) is 4. The highest BCUT2D eigenvalue weighted by molar-refractivity contribution is 6.32. The average molecular weight is 277 g/mol. The maximum absolute atomic E-state index is 6.13. The van der Waals surface area contributed by atoms with Gasteiger partial charge in [0.2, 0.25) is 6.79 Å². The summed E-state index contributed by atoms with van der Waals surface area (Å²) in [5, 5.41) is 3.87. The monoisotopic (exact) mass is 276 g/mol. The summed E-state index contributed by atoms with van der Waals surface area (Å²) in [7, 11) is 0. The highest BCUT2D eigenvalue weighted by atomic mass is 35.5. The second kappa shape index (κ2) is 4.97. The standard InChI is InChI=1S/C14H13ClN2O2/c1-9-2-3-11(7-16-9)17-6-10-4-12(15)14-13(5-10)18-8-19-14/h2-5,7,17H,6,8H2,1H3. The number of ether oxygens (including phenoxy) is 2. The van der Waals surface area contributed by atoms with E-state index in [1.54, 1.807) is 0 Å². The van der Waals surface area contributed by atoms with Gasteiger partial charge in [0.15, 0.2) is 11.5 Å². The van der Waals surface area contributed by atoms with Gasteiger partial charge in [0, 0.05) is 12.2 Å². The van der Waals surface area contributed by atoms with Gasteiger partial charge in [0.1, 0.15) is 0 Å². The average Bonchev–Trinajstić information content (AvgIpc) is 2.87. The lowest BCUT2D eigenvalue weighted by Crippen LogP contribution is -2.00. The van der Waals surface area contributed by atoms with Crippen molar-refractivity contribution in [3.05, 3.63) is 46.7 Å². The van der Waals surface area contributed by atoms with Crippen LogP contribution in [0.3, 0.4) is 0 Å². The van der Waals surface area contributed by atoms with E-state index in [0.29, 0.717) is 23.1 Å². The third-order valence-corrected chi connectivity index (χ3v) is 3.18. The van der Waals surface area contributed by atoms with E-state index < -0.39 is 0 Å². The van der Waals surface area contributed by atoms with Crippen LogP contribution >= 0.6 is 11.6 Å². The Balaban J connectivity index is 1.73. The van der Waals surface area contributed by atoms with Crippen molar-refractivity contribution in [3.8, 4) is 11.5 Å². The molecule has 0 atom stereocenters. The summed E-state index contributed by atoms with van der Waals surface area (Å²) in [6, 6.07) is 7.78. The van der Waals surface area contributed by atoms with Crippen molar-refractivity contribution in [2.24, 2.45) is 0 Å². The van der Waals surface area contributed by atoms with Gasteiger partial charge in [-0.05, 0) is 36.8 Å². The summed E-state index contributed by atoms with van der Waals surface area (Å²) >= 11 is 6.13. The largest absolute Gasteiger partial charge is 0.454 e. The summed E-state index contributed by atoms with van der Waals surface area (Å²) in [4.78, 5) is 4.23. The topological polar surface area (TPSA) is 43.4 Å². The minimum absolute atomic E-state index is 0.230. The summed E-state index contributed by atoms with van der Waals surface area (Å²) in [5.41, 5.74) is 3.01. The van der Waals surface area contributed by atoms with Gasteiger partial charge < -0.3 is 14.8 Å². The van der Waals surface area contributed by atoms with Crippen LogP contribution < -0.4 is 14.8 Å². The van der Waals surface area contributed by atoms with Crippen molar-refractivity contribution in [3.63, 3.8) is 0 Å². The molecule has 1 aromatic carbocycles. The van der Waals surface area contributed by atoms with Crippen molar-refractivity contribution in [1.29, 1.82) is 0 Å². The van der Waals surface area contributed by atoms with E-state index in [4.69, 9.17) is 21.1 Å². The molecule has 0 unspecified atom stereocenters. The molecule has 0 spiro atoms. The smallest absolute Gasteiger partial charge is 0.231 e. The Morgan fingerprint density at radius 2 is 2.21 bits per heavy atom. The maximum atomic E-state index is 6.13. The second-order valence-corrected chi connectivity index (χ2v) is 4.76. The first-order valence-corrected chi connectivity index (χ1v) is 6.35. The number of rotatable bonds is 3. The minimum Gasteiger partial charge on any atom is -0.454 e. The molecule has 0 radical (unpaired) electrons. The van der Waals surface area contributed by atoms with Gasteiger partial charge in [-0.2, -0.15) is 0 Å². The van der Waals surface area contributed by atoms with E-state index in [-0.39, 0.29) is 6.79 Å². The molecule has 0 fully saturated rings. The van der Waals surface area contributed by atoms with Crippen LogP contribution in [0.15, 0.2) is 30.5 Å². The molecule has 0 amide bonds. The van der Waals surface area contributed by atoms with E-state index in [2.05, 4.69) is 10.3 Å². The molecular formula is C14H13ClN2O2. The quantitative estimate of drug-likeness (QED) is 0.933. The number of anilines is 1. The summed E-state index contributed by atoms with van der Waals surface area (Å²) in [6.07, 6.45) is 1.81. The molecule has 0 bridgehead atoms. The third-order valence-electron chi connectivity index (χ3n) is 2.90. The van der Waals surface area contributed by atoms with E-state index in [9.17, 15) is 0 Å². The Labute approximate surface area is 116 Å². The van der Waals surface area contributed by atoms with Crippen LogP contribution in [0, 0.1) is 6.92 Å². The summed E-state index contributed by atoms with van der Waals surface area (Å²) in [5.74, 6) is 1.33. The molecule has 2 heterocycles. The molecule has 1 N–H and O–H groups in total. The number of pyridine rings is 1. The van der Waals surface area contributed by atoms with Crippen LogP contribution in [0.5, 0.6) is 11.5 Å². The second-order valence-electron chi connectivity index (χ2n) is 4.35. The van der Waals surface area contributed by atoms with E-state index in [1.165, 1.54) is 0 Å². The minimum atomic E-state index is 0.230. The normalized spacial score (nSPS) is 12.5. The Morgan fingerprint density at radius 1 is 1.32 bits per heavy atom. The summed E-state index contributed by atoms with van der Waals surface area (Å²) in [6.45, 7) is 2.84. The van der Waals surface area contributed by atoms with Crippen LogP contribution in [-0.2, 0) is 6.54 Å². The molecule has 0 aliphatic carbocycles. The fourth-order valence-electron chi connectivity index (χ4n) is 1.90. The fraction of sp³-hybridized carbons (Fsp3) is 0.214. The van der Waals surface area contributed by atoms with Gasteiger partial charge in [-0.25, -0.2) is 0 Å². The maximum Gasteiger partial charge on any atom is 0.231 e. The molecule has 0 saturated carbocycles. The van der Waals surface area contributed by atoms with E-state index in [0.717, 1.165) is 16.9 Å². The molecule has 5 heteroatoms. The molecule has 19 heavy (non-hydrogen) atoms. The number of benzene rings is 1. The third kappa shape index (κ3) is 2.58. The number of aromatic nitrogens is 1. The summed E-state index contributed by atoms with van der Waals surface area (Å²) < 4.78 is 10.6. The molecule has 4 nitrogen and oxygen atoms in total. The molecule has 0 saturated heterocycles. The van der Waals surface area contributed by atoms with Gasteiger partial charge in [0.05, 0.1) is 16.9 Å². The van der Waals surface area contributed by atoms with Gasteiger partial charge >= 0.3 is 0 Å². The Bertz CT molecular complexity index is 599. The van der Waals surface area contributed by atoms with E-state index >= 15 is 0 Å². The molecule has 2 aromatic rings. The number of nitrogens with one attached hydrogen (secondary N) is 1. The number of aryl methyl sites for hydroxylation is 1. The Hall–Kier alpha value is -1.94. The van der Waals surface area contributed by atoms with Gasteiger partial charge in [-0.1, -0.05) is 11.6 Å². The first kappa shape index (κ1) is 12.1. The zero-order valence-corrected chi connectivity index (χ0v) is 11.2. The number of nitrogens with zero attached hydrogens (tertiary/aromatic N) is 1. The highest BCUT2D eigenvalue weighted by Gasteiger charge is 2.18. The van der Waals surface area contributed by atoms with Crippen LogP contribution in [0.1, 0.15) is 11.3 Å². The molecule has 1 aromatic heterocycles. The van der Waals surface area contributed by atoms with Crippen LogP contribution in [0.25, 0.3) is 0 Å². The van der Waals surface area contributed by atoms with Crippen molar-refractivity contribution >= 4 is 17.3 Å². The predicted molar refractivity (Wildman–Crippen MR) is 73.9 cm³/mol. The molecule has 1 aliphatic heterocycles. The zero-order valence-electron chi connectivity index (χ0n) is 10.4. The van der Waals surface area contributed by atoms with Crippen molar-refractivity contribution < 1.29 is 9.47 Å². The van der Waals surface area contributed by atoms with Crippen LogP contribution in [0.2, 0.25) is 5.02 Å². The molecule has 1 aliphatic rings. The molecule has 3 rings (SSSR count). The zero-order chi connectivity index (χ0) is 13.2. The van der Waals surface area contributed by atoms with Crippen molar-refractivity contribution in [2.75, 3.05) is 12.1 Å². The molecule has 98 valence electrons. The first-order valence-electron chi connectivity index (χ1n) is 5.97. The van der Waals surface area contributed by atoms with Crippen LogP contribution in [0.4, 0.5) is 5.69 Å². The lowest BCUT2D eigenvalue weighted by Gasteiger charge is -2.08. The van der Waals surface area contributed by atoms with Gasteiger partial charge in [-0.3, -0.25) is 4.98 Å². The van der Waals surface area contributed by atoms with Gasteiger partial charge in [-0.15, -0.1) is 0 Å². The number of fused-ring (bicyclic) bond motifs is 1. The van der Waals surface area contributed by atoms with Crippen molar-refractivity contribution in [2.45, 2.75) is 13.5 Å². The predicted octanol–water partition coefficient (Wildman–Crippen LogP) is 3.38. The lowest BCUT2D eigenvalue weighted by atomic mass is 10.2. The number of hydrogen-bond donors (Lipinski definition) is 1. The fourth-order valence-corrected chi connectivity index (χ4v) is 2.19. The lowest BCUT2D eigenvalue weighted by molar-refractivity contribution is 0.174. The number of halogens is 1. The first-order chi connectivity index (χ1) is 9.22. The Kier molecular flexibility index (Phi) is 3.17. The van der Waals surface area contributed by atoms with E-state index in [1.807, 2.05) is 37.4 Å². The molecular weight excluding hydrogens is 264 g/mol. The highest BCUT2D eigenvalue weighted by Crippen LogP contribution is 2.39. The SMILES string of the molecule is Cc1ccc(NCc2cc(Cl)c3c(c2)OCO3)cn1. The Morgan fingerprint density at radius 3 is 3.00 bits per heavy atom. The van der Waals surface area contributed by atoms with Gasteiger partial charge in [0.25, 0.3) is 0 Å².